The van der Waals surface area contributed by atoms with Gasteiger partial charge in [0.25, 0.3) is 0 Å². The van der Waals surface area contributed by atoms with E-state index in [9.17, 15) is 13.2 Å². The van der Waals surface area contributed by atoms with E-state index < -0.39 is 15.9 Å². The molecule has 2 N–H and O–H groups in total. The molecule has 1 atom stereocenters. The van der Waals surface area contributed by atoms with E-state index in [0.717, 1.165) is 25.7 Å². The average molecular weight is 247 g/mol. The van der Waals surface area contributed by atoms with Crippen LogP contribution < -0.4 is 5.73 Å². The smallest absolute Gasteiger partial charge is 0.152 e. The van der Waals surface area contributed by atoms with Crippen LogP contribution in [0.25, 0.3) is 0 Å². The van der Waals surface area contributed by atoms with Gasteiger partial charge in [-0.15, -0.1) is 0 Å². The van der Waals surface area contributed by atoms with Gasteiger partial charge in [-0.1, -0.05) is 19.3 Å². The largest absolute Gasteiger partial charge is 0.321 e. The van der Waals surface area contributed by atoms with Crippen LogP contribution in [0.15, 0.2) is 0 Å². The summed E-state index contributed by atoms with van der Waals surface area (Å²) in [7, 11) is -3.02. The first-order valence-corrected chi connectivity index (χ1v) is 7.93. The maximum absolute atomic E-state index is 11.9. The normalized spacial score (nSPS) is 20.6. The number of rotatable bonds is 5. The van der Waals surface area contributed by atoms with Crippen LogP contribution in [0, 0.1) is 5.92 Å². The molecule has 1 unspecified atom stereocenters. The summed E-state index contributed by atoms with van der Waals surface area (Å²) in [5, 5.41) is 0. The molecule has 0 saturated heterocycles. The van der Waals surface area contributed by atoms with Crippen LogP contribution in [-0.4, -0.2) is 32.3 Å². The van der Waals surface area contributed by atoms with Crippen LogP contribution in [0.1, 0.15) is 38.5 Å². The highest BCUT2D eigenvalue weighted by Gasteiger charge is 2.26. The third-order valence-corrected chi connectivity index (χ3v) is 4.15. The fraction of sp³-hybridized carbons (Fsp3) is 0.909. The van der Waals surface area contributed by atoms with E-state index in [4.69, 9.17) is 5.73 Å². The lowest BCUT2D eigenvalue weighted by Gasteiger charge is -2.23. The quantitative estimate of drug-likeness (QED) is 0.783. The molecule has 5 heteroatoms. The molecule has 0 amide bonds. The molecule has 0 aromatic rings. The zero-order valence-electron chi connectivity index (χ0n) is 9.81. The summed E-state index contributed by atoms with van der Waals surface area (Å²) in [5.41, 5.74) is 5.74. The van der Waals surface area contributed by atoms with Gasteiger partial charge in [0.2, 0.25) is 0 Å². The van der Waals surface area contributed by atoms with E-state index in [1.54, 1.807) is 0 Å². The van der Waals surface area contributed by atoms with Gasteiger partial charge in [0, 0.05) is 12.2 Å². The fourth-order valence-electron chi connectivity index (χ4n) is 2.17. The maximum atomic E-state index is 11.9. The summed E-state index contributed by atoms with van der Waals surface area (Å²) in [6.07, 6.45) is 6.66. The number of hydrogen-bond acceptors (Lipinski definition) is 4. The van der Waals surface area contributed by atoms with Crippen molar-refractivity contribution in [2.75, 3.05) is 12.0 Å². The second-order valence-corrected chi connectivity index (χ2v) is 7.02. The molecule has 0 spiro atoms. The molecule has 1 aliphatic carbocycles. The highest BCUT2D eigenvalue weighted by atomic mass is 32.2. The molecule has 94 valence electrons. The Morgan fingerprint density at radius 1 is 1.31 bits per heavy atom. The van der Waals surface area contributed by atoms with Crippen LogP contribution in [0.3, 0.4) is 0 Å². The van der Waals surface area contributed by atoms with Crippen LogP contribution in [-0.2, 0) is 14.6 Å². The minimum absolute atomic E-state index is 0.00657. The van der Waals surface area contributed by atoms with Crippen molar-refractivity contribution in [3.8, 4) is 0 Å². The highest BCUT2D eigenvalue weighted by molar-refractivity contribution is 7.90. The Morgan fingerprint density at radius 2 is 1.88 bits per heavy atom. The Balaban J connectivity index is 2.40. The van der Waals surface area contributed by atoms with Crippen LogP contribution >= 0.6 is 0 Å². The molecule has 0 radical (unpaired) electrons. The van der Waals surface area contributed by atoms with Crippen molar-refractivity contribution in [2.24, 2.45) is 11.7 Å². The minimum Gasteiger partial charge on any atom is -0.321 e. The molecule has 0 aliphatic heterocycles. The van der Waals surface area contributed by atoms with Gasteiger partial charge in [-0.25, -0.2) is 8.42 Å². The molecule has 16 heavy (non-hydrogen) atoms. The van der Waals surface area contributed by atoms with E-state index in [-0.39, 0.29) is 23.9 Å². The molecule has 4 nitrogen and oxygen atoms in total. The van der Waals surface area contributed by atoms with Crippen molar-refractivity contribution in [1.82, 2.24) is 0 Å². The molecular weight excluding hydrogens is 226 g/mol. The topological polar surface area (TPSA) is 77.2 Å². The second-order valence-electron chi connectivity index (χ2n) is 4.76. The first-order chi connectivity index (χ1) is 7.40. The molecule has 1 aliphatic rings. The molecule has 1 fully saturated rings. The van der Waals surface area contributed by atoms with Crippen molar-refractivity contribution in [2.45, 2.75) is 44.6 Å². The molecular formula is C11H21NO3S. The molecule has 1 saturated carbocycles. The minimum atomic E-state index is -3.02. The van der Waals surface area contributed by atoms with Crippen LogP contribution in [0.5, 0.6) is 0 Å². The van der Waals surface area contributed by atoms with E-state index in [0.29, 0.717) is 0 Å². The summed E-state index contributed by atoms with van der Waals surface area (Å²) >= 11 is 0. The standard InChI is InChI=1S/C11H21NO3S/c1-16(14,15)8-7-10(12)11(13)9-5-3-2-4-6-9/h9-10H,2-8,12H2,1H3. The van der Waals surface area contributed by atoms with Gasteiger partial charge in [-0.2, -0.15) is 0 Å². The van der Waals surface area contributed by atoms with Crippen molar-refractivity contribution < 1.29 is 13.2 Å². The molecule has 1 rings (SSSR count). The predicted octanol–water partition coefficient (Wildman–Crippen LogP) is 0.898. The number of hydrogen-bond donors (Lipinski definition) is 1. The van der Waals surface area contributed by atoms with Crippen molar-refractivity contribution in [3.63, 3.8) is 0 Å². The fourth-order valence-corrected chi connectivity index (χ4v) is 2.86. The maximum Gasteiger partial charge on any atom is 0.152 e. The summed E-state index contributed by atoms with van der Waals surface area (Å²) in [6, 6.07) is -0.599. The number of ketones is 1. The van der Waals surface area contributed by atoms with Gasteiger partial charge in [-0.3, -0.25) is 4.79 Å². The zero-order chi connectivity index (χ0) is 12.2. The summed E-state index contributed by atoms with van der Waals surface area (Å²) in [6.45, 7) is 0. The van der Waals surface area contributed by atoms with Crippen molar-refractivity contribution in [1.29, 1.82) is 0 Å². The third-order valence-electron chi connectivity index (χ3n) is 3.17. The SMILES string of the molecule is CS(=O)(=O)CCC(N)C(=O)C1CCCCC1. The van der Waals surface area contributed by atoms with E-state index in [1.807, 2.05) is 0 Å². The van der Waals surface area contributed by atoms with Gasteiger partial charge >= 0.3 is 0 Å². The predicted molar refractivity (Wildman–Crippen MR) is 63.9 cm³/mol. The van der Waals surface area contributed by atoms with Crippen LogP contribution in [0.2, 0.25) is 0 Å². The van der Waals surface area contributed by atoms with E-state index in [2.05, 4.69) is 0 Å². The number of nitrogens with two attached hydrogens (primary N) is 1. The molecule has 0 aromatic carbocycles. The van der Waals surface area contributed by atoms with Gasteiger partial charge in [-0.05, 0) is 19.3 Å². The highest BCUT2D eigenvalue weighted by Crippen LogP contribution is 2.25. The first-order valence-electron chi connectivity index (χ1n) is 5.87. The van der Waals surface area contributed by atoms with Crippen LogP contribution in [0.4, 0.5) is 0 Å². The number of carbonyl (C=O) groups excluding carboxylic acids is 1. The number of Topliss-reactive ketones (excluding diaryl/α,β-unsaturated/α-hetero) is 1. The van der Waals surface area contributed by atoms with Gasteiger partial charge in [0.15, 0.2) is 5.78 Å². The Labute approximate surface area is 97.5 Å². The lowest BCUT2D eigenvalue weighted by atomic mass is 9.83. The first kappa shape index (κ1) is 13.6. The summed E-state index contributed by atoms with van der Waals surface area (Å²) < 4.78 is 21.9. The number of sulfone groups is 1. The van der Waals surface area contributed by atoms with E-state index in [1.165, 1.54) is 12.7 Å². The lowest BCUT2D eigenvalue weighted by Crippen LogP contribution is -2.37. The van der Waals surface area contributed by atoms with Gasteiger partial charge < -0.3 is 5.73 Å². The Morgan fingerprint density at radius 3 is 2.38 bits per heavy atom. The van der Waals surface area contributed by atoms with Gasteiger partial charge in [0.05, 0.1) is 11.8 Å². The van der Waals surface area contributed by atoms with E-state index >= 15 is 0 Å². The Kier molecular flexibility index (Phi) is 4.92. The molecule has 0 aromatic heterocycles. The summed E-state index contributed by atoms with van der Waals surface area (Å²) in [4.78, 5) is 11.9. The third kappa shape index (κ3) is 4.61. The number of carbonyl (C=O) groups is 1. The lowest BCUT2D eigenvalue weighted by molar-refractivity contribution is -0.125. The Hall–Kier alpha value is -0.420. The summed E-state index contributed by atoms with van der Waals surface area (Å²) in [5.74, 6) is 0.138. The average Bonchev–Trinajstić information content (AvgIpc) is 2.25. The molecule has 0 bridgehead atoms. The van der Waals surface area contributed by atoms with Gasteiger partial charge in [0.1, 0.15) is 9.84 Å². The Bertz CT molecular complexity index is 331. The van der Waals surface area contributed by atoms with Crippen molar-refractivity contribution >= 4 is 15.6 Å². The second kappa shape index (κ2) is 5.77. The molecule has 0 heterocycles. The zero-order valence-corrected chi connectivity index (χ0v) is 10.6. The van der Waals surface area contributed by atoms with Crippen molar-refractivity contribution in [3.05, 3.63) is 0 Å². The monoisotopic (exact) mass is 247 g/mol.